The van der Waals surface area contributed by atoms with Crippen molar-refractivity contribution >= 4 is 29.2 Å². The average Bonchev–Trinajstić information content (AvgIpc) is 2.66. The van der Waals surface area contributed by atoms with Gasteiger partial charge in [0.1, 0.15) is 12.4 Å². The van der Waals surface area contributed by atoms with Crippen molar-refractivity contribution in [2.45, 2.75) is 6.10 Å². The molecule has 1 aliphatic rings. The smallest absolute Gasteiger partial charge is 0.351 e. The molecule has 0 spiro atoms. The third-order valence-electron chi connectivity index (χ3n) is 3.55. The van der Waals surface area contributed by atoms with Crippen LogP contribution in [0.25, 0.3) is 0 Å². The van der Waals surface area contributed by atoms with Crippen LogP contribution in [0.5, 0.6) is 17.2 Å². The third kappa shape index (κ3) is 4.18. The summed E-state index contributed by atoms with van der Waals surface area (Å²) in [5, 5.41) is 2.94. The molecular formula is C18H16ClNO6. The second-order valence-electron chi connectivity index (χ2n) is 5.37. The first-order valence-corrected chi connectivity index (χ1v) is 8.13. The molecule has 0 aliphatic carbocycles. The topological polar surface area (TPSA) is 83.1 Å². The number of methoxy groups -OCH3 is 1. The maximum absolute atomic E-state index is 12.1. The van der Waals surface area contributed by atoms with E-state index in [9.17, 15) is 9.59 Å². The molecule has 7 nitrogen and oxygen atoms in total. The van der Waals surface area contributed by atoms with E-state index in [1.165, 1.54) is 13.2 Å². The molecule has 136 valence electrons. The average molecular weight is 378 g/mol. The molecule has 1 heterocycles. The Bertz CT molecular complexity index is 825. The number of hydrogen-bond donors (Lipinski definition) is 1. The Morgan fingerprint density at radius 1 is 1.23 bits per heavy atom. The number of fused-ring (bicyclic) bond motifs is 1. The molecule has 26 heavy (non-hydrogen) atoms. The number of nitrogens with one attached hydrogen (secondary N) is 1. The van der Waals surface area contributed by atoms with Gasteiger partial charge in [-0.05, 0) is 30.3 Å². The Morgan fingerprint density at radius 2 is 2.00 bits per heavy atom. The maximum Gasteiger partial charge on any atom is 0.351 e. The van der Waals surface area contributed by atoms with Crippen LogP contribution in [-0.2, 0) is 14.3 Å². The largest absolute Gasteiger partial charge is 0.495 e. The van der Waals surface area contributed by atoms with Gasteiger partial charge in [0.2, 0.25) is 6.10 Å². The van der Waals surface area contributed by atoms with Gasteiger partial charge in [-0.1, -0.05) is 23.7 Å². The molecule has 1 N–H and O–H groups in total. The molecule has 0 bridgehead atoms. The van der Waals surface area contributed by atoms with E-state index in [4.69, 9.17) is 30.5 Å². The summed E-state index contributed by atoms with van der Waals surface area (Å²) in [6, 6.07) is 11.8. The zero-order valence-electron chi connectivity index (χ0n) is 13.9. The van der Waals surface area contributed by atoms with Gasteiger partial charge in [-0.25, -0.2) is 4.79 Å². The Kier molecular flexibility index (Phi) is 5.48. The van der Waals surface area contributed by atoms with Crippen molar-refractivity contribution in [1.29, 1.82) is 0 Å². The maximum atomic E-state index is 12.1. The predicted molar refractivity (Wildman–Crippen MR) is 93.9 cm³/mol. The second-order valence-corrected chi connectivity index (χ2v) is 5.78. The molecule has 2 aromatic rings. The first-order chi connectivity index (χ1) is 12.6. The van der Waals surface area contributed by atoms with Gasteiger partial charge in [-0.15, -0.1) is 0 Å². The van der Waals surface area contributed by atoms with E-state index in [-0.39, 0.29) is 6.61 Å². The number of rotatable bonds is 5. The molecule has 0 radical (unpaired) electrons. The highest BCUT2D eigenvalue weighted by atomic mass is 35.5. The summed E-state index contributed by atoms with van der Waals surface area (Å²) >= 11 is 5.99. The van der Waals surface area contributed by atoms with Crippen LogP contribution in [-0.4, -0.2) is 38.3 Å². The van der Waals surface area contributed by atoms with Crippen molar-refractivity contribution in [3.8, 4) is 17.2 Å². The predicted octanol–water partition coefficient (Wildman–Crippen LogP) is 2.67. The molecule has 0 saturated heterocycles. The Labute approximate surface area is 154 Å². The minimum absolute atomic E-state index is 0.0194. The molecule has 3 rings (SSSR count). The van der Waals surface area contributed by atoms with Crippen molar-refractivity contribution in [2.24, 2.45) is 0 Å². The van der Waals surface area contributed by atoms with Crippen molar-refractivity contribution < 1.29 is 28.5 Å². The zero-order chi connectivity index (χ0) is 18.5. The number of esters is 1. The first kappa shape index (κ1) is 17.9. The molecule has 0 fully saturated rings. The number of halogens is 1. The monoisotopic (exact) mass is 377 g/mol. The number of anilines is 1. The normalized spacial score (nSPS) is 15.1. The molecule has 0 saturated carbocycles. The molecule has 8 heteroatoms. The Hall–Kier alpha value is -2.93. The SMILES string of the molecule is COc1ccc(NC(=O)COC(=O)[C@H]2COc3ccccc3O2)cc1Cl. The minimum Gasteiger partial charge on any atom is -0.495 e. The van der Waals surface area contributed by atoms with E-state index < -0.39 is 24.6 Å². The minimum atomic E-state index is -0.923. The van der Waals surface area contributed by atoms with Crippen LogP contribution in [0.2, 0.25) is 5.02 Å². The van der Waals surface area contributed by atoms with Gasteiger partial charge < -0.3 is 24.3 Å². The lowest BCUT2D eigenvalue weighted by molar-refractivity contribution is -0.156. The number of amides is 1. The Balaban J connectivity index is 1.50. The van der Waals surface area contributed by atoms with Crippen LogP contribution in [0.3, 0.4) is 0 Å². The summed E-state index contributed by atoms with van der Waals surface area (Å²) in [6.45, 7) is -0.435. The number of benzene rings is 2. The van der Waals surface area contributed by atoms with E-state index in [0.29, 0.717) is 28.0 Å². The highest BCUT2D eigenvalue weighted by Crippen LogP contribution is 2.31. The highest BCUT2D eigenvalue weighted by molar-refractivity contribution is 6.32. The van der Waals surface area contributed by atoms with E-state index in [0.717, 1.165) is 0 Å². The fourth-order valence-electron chi connectivity index (χ4n) is 2.31. The zero-order valence-corrected chi connectivity index (χ0v) is 14.6. The van der Waals surface area contributed by atoms with Gasteiger partial charge in [-0.2, -0.15) is 0 Å². The van der Waals surface area contributed by atoms with E-state index in [2.05, 4.69) is 5.32 Å². The number of hydrogen-bond acceptors (Lipinski definition) is 6. The fourth-order valence-corrected chi connectivity index (χ4v) is 2.56. The van der Waals surface area contributed by atoms with Gasteiger partial charge in [0.25, 0.3) is 5.91 Å². The van der Waals surface area contributed by atoms with Gasteiger partial charge in [0, 0.05) is 5.69 Å². The summed E-state index contributed by atoms with van der Waals surface area (Å²) in [5.74, 6) is 0.327. The molecule has 1 amide bonds. The van der Waals surface area contributed by atoms with Crippen LogP contribution < -0.4 is 19.5 Å². The number of para-hydroxylation sites is 2. The standard InChI is InChI=1S/C18H16ClNO6/c1-23-13-7-6-11(8-12(13)19)20-17(21)10-25-18(22)16-9-24-14-4-2-3-5-15(14)26-16/h2-8,16H,9-10H2,1H3,(H,20,21)/t16-/m1/s1. The number of carbonyl (C=O) groups is 2. The summed E-state index contributed by atoms with van der Waals surface area (Å²) < 4.78 is 21.0. The number of carbonyl (C=O) groups excluding carboxylic acids is 2. The summed E-state index contributed by atoms with van der Waals surface area (Å²) in [5.41, 5.74) is 0.461. The number of ether oxygens (including phenoxy) is 4. The highest BCUT2D eigenvalue weighted by Gasteiger charge is 2.29. The fraction of sp³-hybridized carbons (Fsp3) is 0.222. The lowest BCUT2D eigenvalue weighted by atomic mass is 10.2. The second kappa shape index (κ2) is 7.97. The van der Waals surface area contributed by atoms with Gasteiger partial charge in [0.15, 0.2) is 18.1 Å². The van der Waals surface area contributed by atoms with Gasteiger partial charge in [0.05, 0.1) is 12.1 Å². The quantitative estimate of drug-likeness (QED) is 0.806. The van der Waals surface area contributed by atoms with Crippen LogP contribution in [0.4, 0.5) is 5.69 Å². The Morgan fingerprint density at radius 3 is 2.73 bits per heavy atom. The van der Waals surface area contributed by atoms with Crippen molar-refractivity contribution in [2.75, 3.05) is 25.6 Å². The first-order valence-electron chi connectivity index (χ1n) is 7.75. The van der Waals surface area contributed by atoms with Gasteiger partial charge >= 0.3 is 5.97 Å². The van der Waals surface area contributed by atoms with Crippen molar-refractivity contribution in [3.05, 3.63) is 47.5 Å². The van der Waals surface area contributed by atoms with Crippen LogP contribution in [0, 0.1) is 0 Å². The van der Waals surface area contributed by atoms with Crippen molar-refractivity contribution in [1.82, 2.24) is 0 Å². The third-order valence-corrected chi connectivity index (χ3v) is 3.85. The van der Waals surface area contributed by atoms with E-state index >= 15 is 0 Å². The molecule has 0 unspecified atom stereocenters. The lowest BCUT2D eigenvalue weighted by Gasteiger charge is -2.24. The summed E-state index contributed by atoms with van der Waals surface area (Å²) in [7, 11) is 1.49. The summed E-state index contributed by atoms with van der Waals surface area (Å²) in [4.78, 5) is 24.0. The van der Waals surface area contributed by atoms with Gasteiger partial charge in [-0.3, -0.25) is 4.79 Å². The van der Waals surface area contributed by atoms with E-state index in [1.807, 2.05) is 0 Å². The molecule has 1 aliphatic heterocycles. The molecule has 0 aromatic heterocycles. The summed E-state index contributed by atoms with van der Waals surface area (Å²) in [6.07, 6.45) is -0.923. The van der Waals surface area contributed by atoms with Crippen LogP contribution in [0.1, 0.15) is 0 Å². The van der Waals surface area contributed by atoms with Crippen LogP contribution >= 0.6 is 11.6 Å². The molecular weight excluding hydrogens is 362 g/mol. The van der Waals surface area contributed by atoms with E-state index in [1.54, 1.807) is 36.4 Å². The lowest BCUT2D eigenvalue weighted by Crippen LogP contribution is -2.39. The van der Waals surface area contributed by atoms with Crippen LogP contribution in [0.15, 0.2) is 42.5 Å². The molecule has 2 aromatic carbocycles. The van der Waals surface area contributed by atoms with Crippen molar-refractivity contribution in [3.63, 3.8) is 0 Å². The molecule has 1 atom stereocenters.